The zero-order valence-electron chi connectivity index (χ0n) is 15.0. The second kappa shape index (κ2) is 7.56. The van der Waals surface area contributed by atoms with E-state index in [1.165, 1.54) is 11.3 Å². The van der Waals surface area contributed by atoms with Crippen molar-refractivity contribution in [1.29, 1.82) is 0 Å². The highest BCUT2D eigenvalue weighted by Crippen LogP contribution is 2.31. The normalized spacial score (nSPS) is 19.6. The molecule has 27 heavy (non-hydrogen) atoms. The summed E-state index contributed by atoms with van der Waals surface area (Å²) in [4.78, 5) is 32.1. The van der Waals surface area contributed by atoms with Gasteiger partial charge in [0.1, 0.15) is 6.61 Å². The molecule has 1 atom stereocenters. The lowest BCUT2D eigenvalue weighted by Gasteiger charge is -2.34. The average molecular weight is 387 g/mol. The molecule has 2 aliphatic rings. The number of benzene rings is 1. The minimum Gasteiger partial charge on any atom is -0.485 e. The van der Waals surface area contributed by atoms with Crippen LogP contribution in [0.15, 0.2) is 30.5 Å². The van der Waals surface area contributed by atoms with E-state index in [1.54, 1.807) is 17.2 Å². The third kappa shape index (κ3) is 3.90. The molecule has 1 saturated heterocycles. The van der Waals surface area contributed by atoms with E-state index < -0.39 is 6.10 Å². The number of para-hydroxylation sites is 2. The standard InChI is InChI=1S/C19H21N3O4S/c1-12-10-20-19(27-12)21-17(23)13-6-8-22(9-7-13)18(24)16-11-25-14-4-2-3-5-15(14)26-16/h2-5,10,13,16H,6-9,11H2,1H3,(H,20,21,23). The third-order valence-electron chi connectivity index (χ3n) is 4.81. The van der Waals surface area contributed by atoms with Gasteiger partial charge in [-0.2, -0.15) is 0 Å². The van der Waals surface area contributed by atoms with Gasteiger partial charge in [0.25, 0.3) is 5.91 Å². The Hall–Kier alpha value is -2.61. The quantitative estimate of drug-likeness (QED) is 0.875. The van der Waals surface area contributed by atoms with Crippen LogP contribution < -0.4 is 14.8 Å². The van der Waals surface area contributed by atoms with Gasteiger partial charge in [-0.05, 0) is 31.9 Å². The summed E-state index contributed by atoms with van der Waals surface area (Å²) >= 11 is 1.46. The van der Waals surface area contributed by atoms with E-state index in [9.17, 15) is 9.59 Å². The molecule has 2 amide bonds. The molecule has 4 rings (SSSR count). The first kappa shape index (κ1) is 17.8. The van der Waals surface area contributed by atoms with Crippen LogP contribution in [0.2, 0.25) is 0 Å². The molecule has 1 fully saturated rings. The van der Waals surface area contributed by atoms with Gasteiger partial charge in [0.05, 0.1) is 0 Å². The molecule has 0 saturated carbocycles. The molecule has 0 spiro atoms. The van der Waals surface area contributed by atoms with Crippen molar-refractivity contribution in [3.8, 4) is 11.5 Å². The largest absolute Gasteiger partial charge is 0.485 e. The van der Waals surface area contributed by atoms with Crippen molar-refractivity contribution >= 4 is 28.3 Å². The number of anilines is 1. The van der Waals surface area contributed by atoms with Crippen molar-refractivity contribution in [2.75, 3.05) is 25.0 Å². The molecule has 1 N–H and O–H groups in total. The SMILES string of the molecule is Cc1cnc(NC(=O)C2CCN(C(=O)C3COc4ccccc4O3)CC2)s1. The van der Waals surface area contributed by atoms with Gasteiger partial charge in [-0.1, -0.05) is 12.1 Å². The molecule has 1 aromatic carbocycles. The zero-order valence-corrected chi connectivity index (χ0v) is 15.8. The summed E-state index contributed by atoms with van der Waals surface area (Å²) in [6.45, 7) is 3.23. The highest BCUT2D eigenvalue weighted by Gasteiger charge is 2.34. The van der Waals surface area contributed by atoms with Gasteiger partial charge >= 0.3 is 0 Å². The number of likely N-dealkylation sites (tertiary alicyclic amines) is 1. The van der Waals surface area contributed by atoms with Gasteiger partial charge in [0.2, 0.25) is 12.0 Å². The van der Waals surface area contributed by atoms with E-state index in [4.69, 9.17) is 9.47 Å². The van der Waals surface area contributed by atoms with Crippen LogP contribution >= 0.6 is 11.3 Å². The van der Waals surface area contributed by atoms with Crippen molar-refractivity contribution in [2.24, 2.45) is 5.92 Å². The second-order valence-corrected chi connectivity index (χ2v) is 7.96. The Labute approximate surface area is 161 Å². The number of aromatic nitrogens is 1. The predicted molar refractivity (Wildman–Crippen MR) is 101 cm³/mol. The number of nitrogens with zero attached hydrogens (tertiary/aromatic N) is 2. The molecule has 0 radical (unpaired) electrons. The number of hydrogen-bond acceptors (Lipinski definition) is 6. The van der Waals surface area contributed by atoms with Crippen LogP contribution in [0.3, 0.4) is 0 Å². The second-order valence-electron chi connectivity index (χ2n) is 6.73. The molecule has 7 nitrogen and oxygen atoms in total. The minimum atomic E-state index is -0.636. The van der Waals surface area contributed by atoms with Gasteiger partial charge < -0.3 is 19.7 Å². The van der Waals surface area contributed by atoms with Crippen LogP contribution in [0, 0.1) is 12.8 Å². The van der Waals surface area contributed by atoms with E-state index in [2.05, 4.69) is 10.3 Å². The van der Waals surface area contributed by atoms with Crippen LogP contribution in [0.4, 0.5) is 5.13 Å². The first-order chi connectivity index (χ1) is 13.1. The molecule has 1 unspecified atom stereocenters. The Morgan fingerprint density at radius 2 is 1.96 bits per heavy atom. The lowest BCUT2D eigenvalue weighted by molar-refractivity contribution is -0.143. The topological polar surface area (TPSA) is 80.8 Å². The summed E-state index contributed by atoms with van der Waals surface area (Å²) in [6.07, 6.45) is 2.37. The van der Waals surface area contributed by atoms with E-state index in [1.807, 2.05) is 25.1 Å². The number of piperidine rings is 1. The first-order valence-corrected chi connectivity index (χ1v) is 9.82. The van der Waals surface area contributed by atoms with E-state index >= 15 is 0 Å². The Morgan fingerprint density at radius 1 is 1.22 bits per heavy atom. The number of ether oxygens (including phenoxy) is 2. The van der Waals surface area contributed by atoms with Crippen molar-refractivity contribution in [1.82, 2.24) is 9.88 Å². The van der Waals surface area contributed by atoms with Crippen molar-refractivity contribution < 1.29 is 19.1 Å². The number of carbonyl (C=O) groups excluding carboxylic acids is 2. The van der Waals surface area contributed by atoms with Gasteiger partial charge in [0, 0.05) is 30.1 Å². The Kier molecular flexibility index (Phi) is 4.98. The number of amides is 2. The van der Waals surface area contributed by atoms with Crippen LogP contribution in [0.25, 0.3) is 0 Å². The summed E-state index contributed by atoms with van der Waals surface area (Å²) < 4.78 is 11.4. The molecule has 0 aliphatic carbocycles. The van der Waals surface area contributed by atoms with Crippen molar-refractivity contribution in [3.05, 3.63) is 35.3 Å². The summed E-state index contributed by atoms with van der Waals surface area (Å²) in [6, 6.07) is 7.34. The summed E-state index contributed by atoms with van der Waals surface area (Å²) in [5.74, 6) is 1.04. The maximum atomic E-state index is 12.7. The van der Waals surface area contributed by atoms with Gasteiger partial charge in [-0.3, -0.25) is 9.59 Å². The van der Waals surface area contributed by atoms with Crippen molar-refractivity contribution in [3.63, 3.8) is 0 Å². The monoisotopic (exact) mass is 387 g/mol. The Morgan fingerprint density at radius 3 is 2.67 bits per heavy atom. The summed E-state index contributed by atoms with van der Waals surface area (Å²) in [7, 11) is 0. The highest BCUT2D eigenvalue weighted by molar-refractivity contribution is 7.15. The maximum Gasteiger partial charge on any atom is 0.267 e. The fraction of sp³-hybridized carbons (Fsp3) is 0.421. The third-order valence-corrected chi connectivity index (χ3v) is 5.64. The van der Waals surface area contributed by atoms with Crippen LogP contribution in [0.5, 0.6) is 11.5 Å². The zero-order chi connectivity index (χ0) is 18.8. The van der Waals surface area contributed by atoms with E-state index in [0.717, 1.165) is 4.88 Å². The first-order valence-electron chi connectivity index (χ1n) is 9.01. The number of hydrogen-bond donors (Lipinski definition) is 1. The lowest BCUT2D eigenvalue weighted by atomic mass is 9.95. The van der Waals surface area contributed by atoms with Crippen LogP contribution in [-0.4, -0.2) is 47.5 Å². The summed E-state index contributed by atoms with van der Waals surface area (Å²) in [5, 5.41) is 3.50. The molecule has 2 aromatic rings. The number of fused-ring (bicyclic) bond motifs is 1. The lowest BCUT2D eigenvalue weighted by Crippen LogP contribution is -2.49. The van der Waals surface area contributed by atoms with Gasteiger partial charge in [0.15, 0.2) is 16.6 Å². The number of thiazole rings is 1. The number of nitrogens with one attached hydrogen (secondary N) is 1. The fourth-order valence-corrected chi connectivity index (χ4v) is 3.99. The Balaban J connectivity index is 1.30. The minimum absolute atomic E-state index is 0.0253. The molecule has 2 aliphatic heterocycles. The molecule has 0 bridgehead atoms. The molecular formula is C19H21N3O4S. The molecule has 142 valence electrons. The maximum absolute atomic E-state index is 12.7. The van der Waals surface area contributed by atoms with Crippen molar-refractivity contribution in [2.45, 2.75) is 25.9 Å². The number of rotatable bonds is 3. The highest BCUT2D eigenvalue weighted by atomic mass is 32.1. The molecule has 1 aromatic heterocycles. The van der Waals surface area contributed by atoms with Gasteiger partial charge in [-0.15, -0.1) is 11.3 Å². The average Bonchev–Trinajstić information content (AvgIpc) is 3.11. The predicted octanol–water partition coefficient (Wildman–Crippen LogP) is 2.47. The smallest absolute Gasteiger partial charge is 0.267 e. The summed E-state index contributed by atoms with van der Waals surface area (Å²) in [5.41, 5.74) is 0. The number of carbonyl (C=O) groups is 2. The van der Waals surface area contributed by atoms with Crippen LogP contribution in [-0.2, 0) is 9.59 Å². The van der Waals surface area contributed by atoms with E-state index in [0.29, 0.717) is 42.6 Å². The molecule has 3 heterocycles. The van der Waals surface area contributed by atoms with E-state index in [-0.39, 0.29) is 24.3 Å². The molecular weight excluding hydrogens is 366 g/mol. The van der Waals surface area contributed by atoms with Gasteiger partial charge in [-0.25, -0.2) is 4.98 Å². The Bertz CT molecular complexity index is 845. The molecule has 8 heteroatoms. The van der Waals surface area contributed by atoms with Crippen LogP contribution in [0.1, 0.15) is 17.7 Å². The fourth-order valence-electron chi connectivity index (χ4n) is 3.33. The number of aryl methyl sites for hydroxylation is 1.